The zero-order valence-corrected chi connectivity index (χ0v) is 6.99. The molecule has 2 aromatic heterocycles. The summed E-state index contributed by atoms with van der Waals surface area (Å²) in [6, 6.07) is 1.83. The first kappa shape index (κ1) is 7.52. The second kappa shape index (κ2) is 2.73. The van der Waals surface area contributed by atoms with Crippen LogP contribution in [0.4, 0.5) is 0 Å². The van der Waals surface area contributed by atoms with Crippen molar-refractivity contribution in [3.05, 3.63) is 29.2 Å². The summed E-state index contributed by atoms with van der Waals surface area (Å²) in [6.07, 6.45) is 3.35. The van der Waals surface area contributed by atoms with Gasteiger partial charge in [-0.25, -0.2) is 0 Å². The van der Waals surface area contributed by atoms with E-state index in [-0.39, 0.29) is 0 Å². The first-order valence-corrected chi connectivity index (χ1v) is 3.87. The van der Waals surface area contributed by atoms with Crippen molar-refractivity contribution in [3.63, 3.8) is 0 Å². The minimum Gasteiger partial charge on any atom is -0.326 e. The Hall–Kier alpha value is -1.13. The summed E-state index contributed by atoms with van der Waals surface area (Å²) in [4.78, 5) is 0. The summed E-state index contributed by atoms with van der Waals surface area (Å²) < 4.78 is 1.75. The third kappa shape index (κ3) is 1.05. The lowest BCUT2D eigenvalue weighted by Crippen LogP contribution is -1.98. The van der Waals surface area contributed by atoms with Crippen LogP contribution < -0.4 is 5.73 Å². The molecule has 0 aromatic carbocycles. The van der Waals surface area contributed by atoms with E-state index >= 15 is 0 Å². The second-order valence-corrected chi connectivity index (χ2v) is 2.85. The van der Waals surface area contributed by atoms with E-state index in [0.717, 1.165) is 11.2 Å². The number of nitrogens with two attached hydrogens (primary N) is 1. The van der Waals surface area contributed by atoms with Gasteiger partial charge in [-0.1, -0.05) is 11.6 Å². The lowest BCUT2D eigenvalue weighted by atomic mass is 10.2. The molecule has 0 saturated carbocycles. The first-order valence-electron chi connectivity index (χ1n) is 3.49. The zero-order chi connectivity index (χ0) is 8.55. The van der Waals surface area contributed by atoms with Gasteiger partial charge < -0.3 is 5.73 Å². The van der Waals surface area contributed by atoms with Crippen molar-refractivity contribution in [2.45, 2.75) is 6.54 Å². The monoisotopic (exact) mass is 182 g/mol. The maximum absolute atomic E-state index is 5.90. The minimum absolute atomic E-state index is 0.419. The molecule has 0 amide bonds. The average molecular weight is 183 g/mol. The Morgan fingerprint density at radius 3 is 3.17 bits per heavy atom. The van der Waals surface area contributed by atoms with Gasteiger partial charge in [0.15, 0.2) is 5.65 Å². The molecule has 0 saturated heterocycles. The summed E-state index contributed by atoms with van der Waals surface area (Å²) in [5.41, 5.74) is 7.12. The topological polar surface area (TPSA) is 56.2 Å². The minimum atomic E-state index is 0.419. The van der Waals surface area contributed by atoms with Gasteiger partial charge >= 0.3 is 0 Å². The van der Waals surface area contributed by atoms with Crippen molar-refractivity contribution in [1.82, 2.24) is 14.6 Å². The number of hydrogen-bond donors (Lipinski definition) is 1. The standard InChI is InChI=1S/C7H7ClN4/c8-6-3-12-4-10-11-7(12)1-5(6)2-9/h1,3-4H,2,9H2. The predicted molar refractivity (Wildman–Crippen MR) is 45.9 cm³/mol. The largest absolute Gasteiger partial charge is 0.326 e. The van der Waals surface area contributed by atoms with Gasteiger partial charge in [0.25, 0.3) is 0 Å². The number of fused-ring (bicyclic) bond motifs is 1. The smallest absolute Gasteiger partial charge is 0.160 e. The highest BCUT2D eigenvalue weighted by Gasteiger charge is 2.01. The maximum atomic E-state index is 5.90. The van der Waals surface area contributed by atoms with E-state index in [4.69, 9.17) is 17.3 Å². The molecule has 5 heteroatoms. The molecule has 0 aliphatic heterocycles. The van der Waals surface area contributed by atoms with Crippen LogP contribution in [0.1, 0.15) is 5.56 Å². The van der Waals surface area contributed by atoms with Gasteiger partial charge in [-0.2, -0.15) is 0 Å². The maximum Gasteiger partial charge on any atom is 0.160 e. The molecule has 62 valence electrons. The Bertz CT molecular complexity index is 409. The third-order valence-electron chi connectivity index (χ3n) is 1.68. The average Bonchev–Trinajstić information content (AvgIpc) is 2.49. The van der Waals surface area contributed by atoms with Crippen molar-refractivity contribution in [2.24, 2.45) is 5.73 Å². The molecule has 0 unspecified atom stereocenters. The van der Waals surface area contributed by atoms with E-state index in [1.54, 1.807) is 16.9 Å². The third-order valence-corrected chi connectivity index (χ3v) is 2.02. The van der Waals surface area contributed by atoms with E-state index in [9.17, 15) is 0 Å². The van der Waals surface area contributed by atoms with Crippen LogP contribution in [0.5, 0.6) is 0 Å². The number of hydrogen-bond acceptors (Lipinski definition) is 3. The van der Waals surface area contributed by atoms with Crippen molar-refractivity contribution in [2.75, 3.05) is 0 Å². The quantitative estimate of drug-likeness (QED) is 0.711. The van der Waals surface area contributed by atoms with Crippen LogP contribution in [-0.4, -0.2) is 14.6 Å². The molecule has 0 radical (unpaired) electrons. The van der Waals surface area contributed by atoms with Crippen LogP contribution in [0.25, 0.3) is 5.65 Å². The van der Waals surface area contributed by atoms with E-state index < -0.39 is 0 Å². The summed E-state index contributed by atoms with van der Waals surface area (Å²) in [5, 5.41) is 8.24. The highest BCUT2D eigenvalue weighted by molar-refractivity contribution is 6.31. The SMILES string of the molecule is NCc1cc2nncn2cc1Cl. The highest BCUT2D eigenvalue weighted by Crippen LogP contribution is 2.16. The van der Waals surface area contributed by atoms with Crippen molar-refractivity contribution < 1.29 is 0 Å². The molecular formula is C7H7ClN4. The molecule has 2 rings (SSSR count). The Morgan fingerprint density at radius 2 is 2.42 bits per heavy atom. The molecule has 2 N–H and O–H groups in total. The fraction of sp³-hybridized carbons (Fsp3) is 0.143. The first-order chi connectivity index (χ1) is 5.81. The van der Waals surface area contributed by atoms with Gasteiger partial charge in [0.05, 0.1) is 5.02 Å². The molecule has 0 fully saturated rings. The Kier molecular flexibility index (Phi) is 1.71. The Balaban J connectivity index is 2.73. The van der Waals surface area contributed by atoms with Gasteiger partial charge in [-0.05, 0) is 11.6 Å². The number of pyridine rings is 1. The van der Waals surface area contributed by atoms with Crippen molar-refractivity contribution >= 4 is 17.2 Å². The van der Waals surface area contributed by atoms with Crippen LogP contribution in [0, 0.1) is 0 Å². The van der Waals surface area contributed by atoms with E-state index in [0.29, 0.717) is 11.6 Å². The van der Waals surface area contributed by atoms with E-state index in [1.165, 1.54) is 0 Å². The van der Waals surface area contributed by atoms with Gasteiger partial charge in [0, 0.05) is 12.7 Å². The summed E-state index contributed by atoms with van der Waals surface area (Å²) in [7, 11) is 0. The fourth-order valence-corrected chi connectivity index (χ4v) is 1.28. The normalized spacial score (nSPS) is 10.8. The highest BCUT2D eigenvalue weighted by atomic mass is 35.5. The lowest BCUT2D eigenvalue weighted by Gasteiger charge is -2.00. The molecule has 0 spiro atoms. The van der Waals surface area contributed by atoms with Gasteiger partial charge in [0.2, 0.25) is 0 Å². The molecule has 0 atom stereocenters. The van der Waals surface area contributed by atoms with Gasteiger partial charge in [0.1, 0.15) is 6.33 Å². The van der Waals surface area contributed by atoms with Crippen molar-refractivity contribution in [3.8, 4) is 0 Å². The van der Waals surface area contributed by atoms with Crippen LogP contribution >= 0.6 is 11.6 Å². The molecule has 0 aliphatic carbocycles. The summed E-state index contributed by atoms with van der Waals surface area (Å²) in [5.74, 6) is 0. The molecular weight excluding hydrogens is 176 g/mol. The predicted octanol–water partition coefficient (Wildman–Crippen LogP) is 0.841. The molecule has 0 bridgehead atoms. The lowest BCUT2D eigenvalue weighted by molar-refractivity contribution is 1.05. The summed E-state index contributed by atoms with van der Waals surface area (Å²) >= 11 is 5.90. The van der Waals surface area contributed by atoms with Crippen LogP contribution in [-0.2, 0) is 6.54 Å². The Labute approximate surface area is 74.0 Å². The van der Waals surface area contributed by atoms with E-state index in [2.05, 4.69) is 10.2 Å². The number of halogens is 1. The zero-order valence-electron chi connectivity index (χ0n) is 6.24. The molecule has 12 heavy (non-hydrogen) atoms. The Morgan fingerprint density at radius 1 is 1.58 bits per heavy atom. The second-order valence-electron chi connectivity index (χ2n) is 2.45. The van der Waals surface area contributed by atoms with Crippen LogP contribution in [0.15, 0.2) is 18.6 Å². The molecule has 2 aromatic rings. The number of rotatable bonds is 1. The summed E-state index contributed by atoms with van der Waals surface area (Å²) in [6.45, 7) is 0.419. The van der Waals surface area contributed by atoms with Crippen LogP contribution in [0.3, 0.4) is 0 Å². The van der Waals surface area contributed by atoms with Gasteiger partial charge in [-0.15, -0.1) is 10.2 Å². The van der Waals surface area contributed by atoms with Crippen LogP contribution in [0.2, 0.25) is 5.02 Å². The molecule has 4 nitrogen and oxygen atoms in total. The van der Waals surface area contributed by atoms with E-state index in [1.807, 2.05) is 6.07 Å². The number of nitrogens with zero attached hydrogens (tertiary/aromatic N) is 3. The number of aromatic nitrogens is 3. The molecule has 2 heterocycles. The van der Waals surface area contributed by atoms with Gasteiger partial charge in [-0.3, -0.25) is 4.40 Å². The molecule has 0 aliphatic rings. The van der Waals surface area contributed by atoms with Crippen molar-refractivity contribution in [1.29, 1.82) is 0 Å². The fourth-order valence-electron chi connectivity index (χ4n) is 1.04.